The molecule has 1 fully saturated rings. The largest absolute Gasteiger partial charge is 0.573 e. The molecule has 1 heterocycles. The monoisotopic (exact) mass is 426 g/mol. The Kier molecular flexibility index (Phi) is 5.34. The highest BCUT2D eigenvalue weighted by atomic mass is 19.4. The molecule has 4 rings (SSSR count). The topological polar surface area (TPSA) is 31.6 Å². The molecule has 0 atom stereocenters. The normalized spacial score (nSPS) is 19.9. The molecule has 0 aliphatic heterocycles. The van der Waals surface area contributed by atoms with Gasteiger partial charge in [-0.2, -0.15) is 8.78 Å². The highest BCUT2D eigenvalue weighted by Crippen LogP contribution is 2.39. The zero-order valence-electron chi connectivity index (χ0n) is 15.9. The van der Waals surface area contributed by atoms with E-state index in [0.29, 0.717) is 18.4 Å². The minimum Gasteiger partial charge on any atom is -0.490 e. The van der Waals surface area contributed by atoms with Crippen LogP contribution in [-0.2, 0) is 0 Å². The molecule has 3 aromatic rings. The maximum Gasteiger partial charge on any atom is 0.573 e. The van der Waals surface area contributed by atoms with Crippen molar-refractivity contribution in [2.24, 2.45) is 11.8 Å². The van der Waals surface area contributed by atoms with Gasteiger partial charge in [0, 0.05) is 10.8 Å². The van der Waals surface area contributed by atoms with Gasteiger partial charge < -0.3 is 13.9 Å². The van der Waals surface area contributed by atoms with Crippen molar-refractivity contribution in [1.82, 2.24) is 0 Å². The summed E-state index contributed by atoms with van der Waals surface area (Å²) in [6.07, 6.45) is 0.847. The van der Waals surface area contributed by atoms with E-state index in [1.54, 1.807) is 0 Å². The third kappa shape index (κ3) is 3.95. The number of alkyl halides is 3. The number of hydrogen-bond acceptors (Lipinski definition) is 3. The van der Waals surface area contributed by atoms with E-state index in [1.807, 2.05) is 6.08 Å². The van der Waals surface area contributed by atoms with Gasteiger partial charge >= 0.3 is 6.36 Å². The Hall–Kier alpha value is -2.77. The first-order valence-corrected chi connectivity index (χ1v) is 9.61. The highest BCUT2D eigenvalue weighted by molar-refractivity contribution is 6.06. The predicted molar refractivity (Wildman–Crippen MR) is 101 cm³/mol. The second kappa shape index (κ2) is 7.81. The third-order valence-electron chi connectivity index (χ3n) is 5.54. The van der Waals surface area contributed by atoms with Crippen LogP contribution in [0.2, 0.25) is 0 Å². The van der Waals surface area contributed by atoms with E-state index in [4.69, 9.17) is 9.15 Å². The average Bonchev–Trinajstić information content (AvgIpc) is 3.09. The number of rotatable bonds is 5. The van der Waals surface area contributed by atoms with Crippen LogP contribution < -0.4 is 9.47 Å². The van der Waals surface area contributed by atoms with Crippen LogP contribution in [0.3, 0.4) is 0 Å². The van der Waals surface area contributed by atoms with Gasteiger partial charge in [-0.15, -0.1) is 19.8 Å². The van der Waals surface area contributed by atoms with Gasteiger partial charge in [-0.25, -0.2) is 0 Å². The lowest BCUT2D eigenvalue weighted by Crippen LogP contribution is -2.19. The molecule has 8 heteroatoms. The molecule has 1 aliphatic carbocycles. The van der Waals surface area contributed by atoms with Gasteiger partial charge in [-0.3, -0.25) is 0 Å². The fourth-order valence-corrected chi connectivity index (χ4v) is 3.92. The fraction of sp³-hybridized carbons (Fsp3) is 0.364. The average molecular weight is 426 g/mol. The number of allylic oxidation sites excluding steroid dienone is 1. The smallest absolute Gasteiger partial charge is 0.490 e. The van der Waals surface area contributed by atoms with Gasteiger partial charge in [0.25, 0.3) is 0 Å². The van der Waals surface area contributed by atoms with Crippen molar-refractivity contribution < 1.29 is 35.8 Å². The summed E-state index contributed by atoms with van der Waals surface area (Å²) in [5, 5.41) is 0.379. The lowest BCUT2D eigenvalue weighted by molar-refractivity contribution is -0.275. The Bertz CT molecular complexity index is 1080. The summed E-state index contributed by atoms with van der Waals surface area (Å²) in [4.78, 5) is 0. The molecular weight excluding hydrogens is 407 g/mol. The second-order valence-electron chi connectivity index (χ2n) is 7.49. The number of benzene rings is 2. The van der Waals surface area contributed by atoms with Gasteiger partial charge in [-0.05, 0) is 61.8 Å². The zero-order valence-corrected chi connectivity index (χ0v) is 15.9. The van der Waals surface area contributed by atoms with E-state index >= 15 is 0 Å². The van der Waals surface area contributed by atoms with Gasteiger partial charge in [-0.1, -0.05) is 6.08 Å². The molecule has 2 aromatic carbocycles. The summed E-state index contributed by atoms with van der Waals surface area (Å²) >= 11 is 0. The van der Waals surface area contributed by atoms with Crippen LogP contribution in [0.1, 0.15) is 25.7 Å². The Morgan fingerprint density at radius 1 is 0.933 bits per heavy atom. The van der Waals surface area contributed by atoms with E-state index < -0.39 is 29.3 Å². The third-order valence-corrected chi connectivity index (χ3v) is 5.54. The molecule has 0 unspecified atom stereocenters. The molecule has 160 valence electrons. The van der Waals surface area contributed by atoms with Crippen LogP contribution in [0.15, 0.2) is 41.3 Å². The number of ether oxygens (including phenoxy) is 2. The fourth-order valence-electron chi connectivity index (χ4n) is 3.92. The minimum atomic E-state index is -5.06. The van der Waals surface area contributed by atoms with Crippen molar-refractivity contribution in [3.63, 3.8) is 0 Å². The Morgan fingerprint density at radius 3 is 2.07 bits per heavy atom. The van der Waals surface area contributed by atoms with Crippen molar-refractivity contribution in [2.75, 3.05) is 6.61 Å². The number of furan rings is 1. The second-order valence-corrected chi connectivity index (χ2v) is 7.49. The van der Waals surface area contributed by atoms with Crippen molar-refractivity contribution in [1.29, 1.82) is 0 Å². The Balaban J connectivity index is 1.59. The molecule has 0 N–H and O–H groups in total. The van der Waals surface area contributed by atoms with Gasteiger partial charge in [0.05, 0.1) is 6.61 Å². The van der Waals surface area contributed by atoms with Crippen LogP contribution in [-0.4, -0.2) is 13.0 Å². The lowest BCUT2D eigenvalue weighted by atomic mass is 9.82. The summed E-state index contributed by atoms with van der Waals surface area (Å²) < 4.78 is 81.2. The van der Waals surface area contributed by atoms with Crippen LogP contribution in [0.4, 0.5) is 22.0 Å². The molecular formula is C22H19F5O3. The van der Waals surface area contributed by atoms with E-state index in [2.05, 4.69) is 11.3 Å². The van der Waals surface area contributed by atoms with Crippen LogP contribution in [0.5, 0.6) is 11.5 Å². The Morgan fingerprint density at radius 2 is 1.50 bits per heavy atom. The molecule has 1 aliphatic rings. The first kappa shape index (κ1) is 20.5. The maximum absolute atomic E-state index is 14.9. The van der Waals surface area contributed by atoms with Crippen LogP contribution in [0.25, 0.3) is 21.9 Å². The molecule has 1 aromatic heterocycles. The van der Waals surface area contributed by atoms with E-state index in [9.17, 15) is 22.0 Å². The summed E-state index contributed by atoms with van der Waals surface area (Å²) in [5.41, 5.74) is -0.786. The van der Waals surface area contributed by atoms with Gasteiger partial charge in [0.15, 0.2) is 22.7 Å². The predicted octanol–water partition coefficient (Wildman–Crippen LogP) is 7.13. The minimum absolute atomic E-state index is 0.0421. The van der Waals surface area contributed by atoms with Crippen molar-refractivity contribution >= 4 is 21.9 Å². The standard InChI is InChI=1S/C22H19F5O3/c1-2-12-3-5-13(6-4-12)11-28-16-9-7-14-15-8-10-17(30-22(25,26)27)19(24)21(15)29-20(14)18(16)23/h2,7-10,12-13H,1,3-6,11H2. The number of fused-ring (bicyclic) bond motifs is 3. The van der Waals surface area contributed by atoms with Crippen molar-refractivity contribution in [2.45, 2.75) is 32.0 Å². The van der Waals surface area contributed by atoms with Crippen molar-refractivity contribution in [3.05, 3.63) is 48.6 Å². The summed E-state index contributed by atoms with van der Waals surface area (Å²) in [6.45, 7) is 4.15. The maximum atomic E-state index is 14.9. The Labute approximate surface area is 169 Å². The van der Waals surface area contributed by atoms with E-state index in [0.717, 1.165) is 31.7 Å². The van der Waals surface area contributed by atoms with Crippen LogP contribution in [0, 0.1) is 23.5 Å². The molecule has 3 nitrogen and oxygen atoms in total. The molecule has 0 bridgehead atoms. The molecule has 30 heavy (non-hydrogen) atoms. The molecule has 0 radical (unpaired) electrons. The molecule has 1 saturated carbocycles. The summed E-state index contributed by atoms with van der Waals surface area (Å²) in [5.74, 6) is -2.44. The molecule has 0 spiro atoms. The van der Waals surface area contributed by atoms with E-state index in [1.165, 1.54) is 18.2 Å². The van der Waals surface area contributed by atoms with E-state index in [-0.39, 0.29) is 22.1 Å². The molecule has 0 saturated heterocycles. The van der Waals surface area contributed by atoms with Gasteiger partial charge in [0.2, 0.25) is 11.6 Å². The van der Waals surface area contributed by atoms with Crippen LogP contribution >= 0.6 is 0 Å². The first-order valence-electron chi connectivity index (χ1n) is 9.61. The number of hydrogen-bond donors (Lipinski definition) is 0. The summed E-state index contributed by atoms with van der Waals surface area (Å²) in [6, 6.07) is 4.95. The summed E-state index contributed by atoms with van der Waals surface area (Å²) in [7, 11) is 0. The lowest BCUT2D eigenvalue weighted by Gasteiger charge is -2.26. The van der Waals surface area contributed by atoms with Crippen molar-refractivity contribution in [3.8, 4) is 11.5 Å². The SMILES string of the molecule is C=CC1CCC(COc2ccc3c(oc4c(F)c(OC(F)(F)F)ccc43)c2F)CC1. The highest BCUT2D eigenvalue weighted by Gasteiger charge is 2.33. The number of halogens is 5. The van der Waals surface area contributed by atoms with Gasteiger partial charge in [0.1, 0.15) is 0 Å². The first-order chi connectivity index (χ1) is 14.3. The zero-order chi connectivity index (χ0) is 21.5. The quantitative estimate of drug-likeness (QED) is 0.321. The molecule has 0 amide bonds.